The molecule has 0 saturated carbocycles. The van der Waals surface area contributed by atoms with Crippen LogP contribution in [0.3, 0.4) is 0 Å². The van der Waals surface area contributed by atoms with Crippen molar-refractivity contribution in [3.63, 3.8) is 0 Å². The smallest absolute Gasteiger partial charge is 0.304 e. The van der Waals surface area contributed by atoms with Crippen molar-refractivity contribution < 1.29 is 18.3 Å². The molecule has 6 nitrogen and oxygen atoms in total. The van der Waals surface area contributed by atoms with E-state index in [0.717, 1.165) is 12.8 Å². The fraction of sp³-hybridized carbons (Fsp3) is 0.923. The minimum absolute atomic E-state index is 0.215. The lowest BCUT2D eigenvalue weighted by atomic mass is 9.85. The number of carboxylic acid groups (broad SMARTS) is 1. The average Bonchev–Trinajstić information content (AvgIpc) is 2.26. The Kier molecular flexibility index (Phi) is 5.57. The summed E-state index contributed by atoms with van der Waals surface area (Å²) < 4.78 is 28.7. The third-order valence-corrected chi connectivity index (χ3v) is 5.43. The summed E-state index contributed by atoms with van der Waals surface area (Å²) in [7, 11) is -3.61. The Labute approximate surface area is 121 Å². The molecule has 1 heterocycles. The molecule has 0 aromatic heterocycles. The summed E-state index contributed by atoms with van der Waals surface area (Å²) in [4.78, 5) is 10.9. The Balaban J connectivity index is 2.78. The van der Waals surface area contributed by atoms with Crippen molar-refractivity contribution in [2.24, 2.45) is 11.3 Å². The third-order valence-electron chi connectivity index (χ3n) is 3.80. The van der Waals surface area contributed by atoms with E-state index in [2.05, 4.69) is 11.6 Å². The largest absolute Gasteiger partial charge is 0.481 e. The molecule has 1 atom stereocenters. The lowest BCUT2D eigenvalue weighted by Crippen LogP contribution is -2.52. The Morgan fingerprint density at radius 1 is 1.35 bits per heavy atom. The van der Waals surface area contributed by atoms with Crippen molar-refractivity contribution >= 4 is 16.2 Å². The highest BCUT2D eigenvalue weighted by Crippen LogP contribution is 2.24. The fourth-order valence-electron chi connectivity index (χ4n) is 2.18. The lowest BCUT2D eigenvalue weighted by Gasteiger charge is -2.34. The summed E-state index contributed by atoms with van der Waals surface area (Å²) in [6.45, 7) is 8.62. The molecule has 7 heteroatoms. The monoisotopic (exact) mass is 306 g/mol. The summed E-state index contributed by atoms with van der Waals surface area (Å²) in [5.74, 6) is -0.459. The second kappa shape index (κ2) is 6.41. The number of carbonyl (C=O) groups is 1. The molecule has 1 fully saturated rings. The van der Waals surface area contributed by atoms with Gasteiger partial charge in [0.25, 0.3) is 10.2 Å². The molecular formula is C13H26N2O4S. The van der Waals surface area contributed by atoms with E-state index in [1.807, 2.05) is 20.8 Å². The van der Waals surface area contributed by atoms with Crippen LogP contribution in [0, 0.1) is 11.3 Å². The maximum atomic E-state index is 12.4. The quantitative estimate of drug-likeness (QED) is 0.804. The van der Waals surface area contributed by atoms with Gasteiger partial charge >= 0.3 is 5.97 Å². The van der Waals surface area contributed by atoms with E-state index in [-0.39, 0.29) is 6.42 Å². The van der Waals surface area contributed by atoms with Crippen molar-refractivity contribution in [1.29, 1.82) is 0 Å². The predicted molar refractivity (Wildman–Crippen MR) is 77.5 cm³/mol. The van der Waals surface area contributed by atoms with Crippen LogP contribution in [0.25, 0.3) is 0 Å². The summed E-state index contributed by atoms with van der Waals surface area (Å²) in [6, 6.07) is -0.621. The molecule has 20 heavy (non-hydrogen) atoms. The zero-order chi connectivity index (χ0) is 15.6. The molecule has 2 N–H and O–H groups in total. The van der Waals surface area contributed by atoms with Gasteiger partial charge in [0.15, 0.2) is 0 Å². The van der Waals surface area contributed by atoms with Crippen LogP contribution in [0.15, 0.2) is 0 Å². The number of nitrogens with one attached hydrogen (secondary N) is 1. The van der Waals surface area contributed by atoms with E-state index in [4.69, 9.17) is 5.11 Å². The molecule has 0 bridgehead atoms. The number of piperidine rings is 1. The van der Waals surface area contributed by atoms with Crippen LogP contribution >= 0.6 is 0 Å². The van der Waals surface area contributed by atoms with Crippen molar-refractivity contribution in [2.45, 2.75) is 53.0 Å². The third kappa shape index (κ3) is 5.03. The van der Waals surface area contributed by atoms with Crippen molar-refractivity contribution in [2.75, 3.05) is 13.1 Å². The van der Waals surface area contributed by atoms with Crippen LogP contribution in [0.4, 0.5) is 0 Å². The first-order chi connectivity index (χ1) is 9.02. The van der Waals surface area contributed by atoms with Gasteiger partial charge in [-0.15, -0.1) is 0 Å². The van der Waals surface area contributed by atoms with Gasteiger partial charge in [0.05, 0.1) is 6.42 Å². The normalized spacial score (nSPS) is 20.8. The van der Waals surface area contributed by atoms with E-state index < -0.39 is 27.6 Å². The molecule has 1 unspecified atom stereocenters. The highest BCUT2D eigenvalue weighted by molar-refractivity contribution is 7.87. The van der Waals surface area contributed by atoms with Crippen LogP contribution in [0.5, 0.6) is 0 Å². The Morgan fingerprint density at radius 3 is 2.25 bits per heavy atom. The molecule has 1 aliphatic rings. The first-order valence-electron chi connectivity index (χ1n) is 7.01. The average molecular weight is 306 g/mol. The number of hydrogen-bond donors (Lipinski definition) is 2. The lowest BCUT2D eigenvalue weighted by molar-refractivity contribution is -0.138. The number of rotatable bonds is 5. The second-order valence-corrected chi connectivity index (χ2v) is 8.42. The standard InChI is InChI=1S/C13H26N2O4S/c1-10-5-7-15(8-6-10)20(18,19)14-11(9-12(16)17)13(2,3)4/h10-11,14H,5-9H2,1-4H3,(H,16,17). The minimum Gasteiger partial charge on any atom is -0.481 e. The van der Waals surface area contributed by atoms with Gasteiger partial charge in [-0.05, 0) is 24.2 Å². The van der Waals surface area contributed by atoms with E-state index in [0.29, 0.717) is 19.0 Å². The first-order valence-corrected chi connectivity index (χ1v) is 8.45. The van der Waals surface area contributed by atoms with Gasteiger partial charge in [0.2, 0.25) is 0 Å². The number of aliphatic carboxylic acids is 1. The van der Waals surface area contributed by atoms with Gasteiger partial charge in [0.1, 0.15) is 0 Å². The van der Waals surface area contributed by atoms with Crippen LogP contribution in [-0.4, -0.2) is 42.9 Å². The van der Waals surface area contributed by atoms with Gasteiger partial charge in [-0.25, -0.2) is 0 Å². The van der Waals surface area contributed by atoms with Crippen molar-refractivity contribution in [3.05, 3.63) is 0 Å². The maximum absolute atomic E-state index is 12.4. The van der Waals surface area contributed by atoms with Crippen molar-refractivity contribution in [3.8, 4) is 0 Å². The van der Waals surface area contributed by atoms with Crippen LogP contribution in [0.2, 0.25) is 0 Å². The van der Waals surface area contributed by atoms with Gasteiger partial charge < -0.3 is 5.11 Å². The summed E-state index contributed by atoms with van der Waals surface area (Å²) in [5.41, 5.74) is -0.450. The van der Waals surface area contributed by atoms with Gasteiger partial charge in [-0.1, -0.05) is 27.7 Å². The molecule has 0 aliphatic carbocycles. The Bertz CT molecular complexity index is 434. The fourth-order valence-corrected chi connectivity index (χ4v) is 3.82. The molecule has 1 rings (SSSR count). The number of nitrogens with zero attached hydrogens (tertiary/aromatic N) is 1. The highest BCUT2D eigenvalue weighted by Gasteiger charge is 2.34. The number of carboxylic acids is 1. The van der Waals surface area contributed by atoms with E-state index in [1.54, 1.807) is 0 Å². The summed E-state index contributed by atoms with van der Waals surface area (Å²) in [5, 5.41) is 8.94. The van der Waals surface area contributed by atoms with Crippen LogP contribution < -0.4 is 4.72 Å². The Hall–Kier alpha value is -0.660. The van der Waals surface area contributed by atoms with Gasteiger partial charge in [-0.3, -0.25) is 4.79 Å². The second-order valence-electron chi connectivity index (χ2n) is 6.72. The zero-order valence-electron chi connectivity index (χ0n) is 12.7. The van der Waals surface area contributed by atoms with Gasteiger partial charge in [0, 0.05) is 19.1 Å². The molecule has 0 amide bonds. The Morgan fingerprint density at radius 2 is 1.85 bits per heavy atom. The molecular weight excluding hydrogens is 280 g/mol. The van der Waals surface area contributed by atoms with Crippen LogP contribution in [-0.2, 0) is 15.0 Å². The topological polar surface area (TPSA) is 86.7 Å². The highest BCUT2D eigenvalue weighted by atomic mass is 32.2. The predicted octanol–water partition coefficient (Wildman–Crippen LogP) is 1.44. The zero-order valence-corrected chi connectivity index (χ0v) is 13.5. The van der Waals surface area contributed by atoms with E-state index in [9.17, 15) is 13.2 Å². The molecule has 0 aromatic rings. The molecule has 0 spiro atoms. The maximum Gasteiger partial charge on any atom is 0.304 e. The van der Waals surface area contributed by atoms with Gasteiger partial charge in [-0.2, -0.15) is 17.4 Å². The molecule has 0 radical (unpaired) electrons. The van der Waals surface area contributed by atoms with E-state index >= 15 is 0 Å². The molecule has 0 aromatic carbocycles. The summed E-state index contributed by atoms with van der Waals surface area (Å²) >= 11 is 0. The van der Waals surface area contributed by atoms with Crippen molar-refractivity contribution in [1.82, 2.24) is 9.03 Å². The molecule has 118 valence electrons. The number of hydrogen-bond acceptors (Lipinski definition) is 3. The summed E-state index contributed by atoms with van der Waals surface area (Å²) in [6.07, 6.45) is 1.48. The minimum atomic E-state index is -3.61. The molecule has 1 aliphatic heterocycles. The first kappa shape index (κ1) is 17.4. The SMILES string of the molecule is CC1CCN(S(=O)(=O)NC(CC(=O)O)C(C)(C)C)CC1. The van der Waals surface area contributed by atoms with E-state index in [1.165, 1.54) is 4.31 Å². The molecule has 1 saturated heterocycles. The van der Waals surface area contributed by atoms with Crippen LogP contribution in [0.1, 0.15) is 47.0 Å².